The molecule has 2 aliphatic rings. The molecule has 2 aromatic heterocycles. The number of halogens is 3. The number of benzene rings is 2. The lowest BCUT2D eigenvalue weighted by atomic mass is 10.1. The normalized spacial score (nSPS) is 20.8. The van der Waals surface area contributed by atoms with E-state index in [0.717, 1.165) is 61.3 Å². The Hall–Kier alpha value is -2.47. The van der Waals surface area contributed by atoms with Crippen LogP contribution >= 0.6 is 37.2 Å². The van der Waals surface area contributed by atoms with Crippen molar-refractivity contribution >= 4 is 59.8 Å². The van der Waals surface area contributed by atoms with Crippen LogP contribution in [0.25, 0.3) is 22.2 Å². The smallest absolute Gasteiger partial charge is 0.164 e. The van der Waals surface area contributed by atoms with Crippen LogP contribution in [-0.4, -0.2) is 81.2 Å². The van der Waals surface area contributed by atoms with E-state index >= 15 is 0 Å². The molecule has 0 saturated carbocycles. The first kappa shape index (κ1) is 32.0. The zero-order valence-corrected chi connectivity index (χ0v) is 24.3. The zero-order valence-electron chi connectivity index (χ0n) is 21.8. The van der Waals surface area contributed by atoms with Gasteiger partial charge >= 0.3 is 0 Å². The van der Waals surface area contributed by atoms with Gasteiger partial charge in [0.2, 0.25) is 0 Å². The van der Waals surface area contributed by atoms with Gasteiger partial charge in [-0.05, 0) is 29.7 Å². The third-order valence-corrected chi connectivity index (χ3v) is 7.24. The molecule has 4 heterocycles. The Morgan fingerprint density at radius 3 is 2.35 bits per heavy atom. The summed E-state index contributed by atoms with van der Waals surface area (Å²) in [6, 6.07) is 18.5. The van der Waals surface area contributed by atoms with Crippen LogP contribution < -0.4 is 10.6 Å². The molecule has 0 unspecified atom stereocenters. The number of aliphatic hydroxyl groups is 2. The number of ether oxygens (including phenoxy) is 1. The number of nitrogens with one attached hydrogen (secondary N) is 2. The molecule has 0 aliphatic carbocycles. The topological polar surface area (TPSA) is 108 Å². The lowest BCUT2D eigenvalue weighted by molar-refractivity contribution is -0.0159. The molecule has 6 rings (SSSR count). The molecule has 216 valence electrons. The van der Waals surface area contributed by atoms with Crippen LogP contribution in [0.3, 0.4) is 0 Å². The van der Waals surface area contributed by atoms with Crippen LogP contribution in [0.5, 0.6) is 0 Å². The fourth-order valence-corrected chi connectivity index (χ4v) is 5.15. The highest BCUT2D eigenvalue weighted by Gasteiger charge is 2.37. The molecule has 2 saturated heterocycles. The summed E-state index contributed by atoms with van der Waals surface area (Å²) >= 11 is 0. The van der Waals surface area contributed by atoms with Gasteiger partial charge in [0.25, 0.3) is 0 Å². The maximum atomic E-state index is 10.5. The minimum atomic E-state index is -1.04. The van der Waals surface area contributed by atoms with Gasteiger partial charge in [-0.25, -0.2) is 9.97 Å². The summed E-state index contributed by atoms with van der Waals surface area (Å²) in [6.07, 6.45) is 1.74. The van der Waals surface area contributed by atoms with Crippen molar-refractivity contribution in [2.75, 3.05) is 44.6 Å². The Morgan fingerprint density at radius 1 is 0.950 bits per heavy atom. The second-order valence-corrected chi connectivity index (χ2v) is 9.68. The molecule has 12 heteroatoms. The highest BCUT2D eigenvalue weighted by atomic mass is 35.5. The predicted molar refractivity (Wildman–Crippen MR) is 164 cm³/mol. The molecular weight excluding hydrogens is 575 g/mol. The van der Waals surface area contributed by atoms with Crippen molar-refractivity contribution in [3.05, 3.63) is 72.7 Å². The van der Waals surface area contributed by atoms with E-state index < -0.39 is 18.4 Å². The number of hydrogen-bond acceptors (Lipinski definition) is 8. The zero-order chi connectivity index (χ0) is 25.2. The average Bonchev–Trinajstić information content (AvgIpc) is 3.49. The summed E-state index contributed by atoms with van der Waals surface area (Å²) in [5, 5.41) is 28.3. The molecule has 2 aliphatic heterocycles. The van der Waals surface area contributed by atoms with Crippen molar-refractivity contribution in [3.63, 3.8) is 0 Å². The Balaban J connectivity index is 0.00000147. The molecule has 0 radical (unpaired) electrons. The average molecular weight is 610 g/mol. The van der Waals surface area contributed by atoms with E-state index in [0.29, 0.717) is 11.5 Å². The molecule has 4 N–H and O–H groups in total. The number of hydrogen-bond donors (Lipinski definition) is 4. The van der Waals surface area contributed by atoms with Gasteiger partial charge in [0.15, 0.2) is 6.23 Å². The molecule has 2 aromatic carbocycles. The molecule has 2 fully saturated rings. The first-order valence-electron chi connectivity index (χ1n) is 12.8. The molecular formula is C28H35Cl3N6O3. The van der Waals surface area contributed by atoms with E-state index in [1.165, 1.54) is 11.9 Å². The maximum absolute atomic E-state index is 10.5. The SMILES string of the molecule is Cl.Cl.Cl.O[C@@H]1[C@H](O)CO[C@H]1n1cc(-c2ccccc2)c2c(Nc3ccc(CCN4CCNCC4)cc3)ncnc21. The Kier molecular flexibility index (Phi) is 11.6. The predicted octanol–water partition coefficient (Wildman–Crippen LogP) is 3.81. The summed E-state index contributed by atoms with van der Waals surface area (Å²) in [5.74, 6) is 0.671. The summed E-state index contributed by atoms with van der Waals surface area (Å²) in [5.41, 5.74) is 4.79. The van der Waals surface area contributed by atoms with Gasteiger partial charge in [0.05, 0.1) is 12.0 Å². The summed E-state index contributed by atoms with van der Waals surface area (Å²) in [4.78, 5) is 11.6. The molecule has 0 amide bonds. The van der Waals surface area contributed by atoms with Crippen LogP contribution in [0.4, 0.5) is 11.5 Å². The van der Waals surface area contributed by atoms with Crippen molar-refractivity contribution in [2.24, 2.45) is 0 Å². The number of aliphatic hydroxyl groups excluding tert-OH is 2. The fourth-order valence-electron chi connectivity index (χ4n) is 5.15. The Morgan fingerprint density at radius 2 is 1.68 bits per heavy atom. The maximum Gasteiger partial charge on any atom is 0.164 e. The van der Waals surface area contributed by atoms with Gasteiger partial charge in [-0.15, -0.1) is 37.2 Å². The number of piperazine rings is 1. The van der Waals surface area contributed by atoms with Crippen molar-refractivity contribution in [3.8, 4) is 11.1 Å². The van der Waals surface area contributed by atoms with Crippen molar-refractivity contribution in [1.29, 1.82) is 0 Å². The second kappa shape index (κ2) is 14.4. The first-order valence-corrected chi connectivity index (χ1v) is 12.8. The van der Waals surface area contributed by atoms with Crippen LogP contribution in [0.15, 0.2) is 67.1 Å². The molecule has 40 heavy (non-hydrogen) atoms. The van der Waals surface area contributed by atoms with E-state index in [9.17, 15) is 10.2 Å². The van der Waals surface area contributed by atoms with Crippen LogP contribution in [0, 0.1) is 0 Å². The lowest BCUT2D eigenvalue weighted by Crippen LogP contribution is -2.44. The van der Waals surface area contributed by atoms with Crippen LogP contribution in [-0.2, 0) is 11.2 Å². The summed E-state index contributed by atoms with van der Waals surface area (Å²) < 4.78 is 7.53. The minimum absolute atomic E-state index is 0. The van der Waals surface area contributed by atoms with Gasteiger partial charge < -0.3 is 35.1 Å². The number of fused-ring (bicyclic) bond motifs is 1. The molecule has 4 aromatic rings. The molecule has 9 nitrogen and oxygen atoms in total. The molecule has 3 atom stereocenters. The van der Waals surface area contributed by atoms with Gasteiger partial charge in [0, 0.05) is 50.2 Å². The number of nitrogens with zero attached hydrogens (tertiary/aromatic N) is 4. The highest BCUT2D eigenvalue weighted by molar-refractivity contribution is 6.02. The quantitative estimate of drug-likeness (QED) is 0.251. The monoisotopic (exact) mass is 608 g/mol. The van der Waals surface area contributed by atoms with Crippen molar-refractivity contribution in [2.45, 2.75) is 24.9 Å². The molecule has 0 bridgehead atoms. The Bertz CT molecular complexity index is 1350. The highest BCUT2D eigenvalue weighted by Crippen LogP contribution is 2.38. The minimum Gasteiger partial charge on any atom is -0.388 e. The third kappa shape index (κ3) is 6.70. The van der Waals surface area contributed by atoms with Gasteiger partial charge in [-0.2, -0.15) is 0 Å². The van der Waals surface area contributed by atoms with E-state index in [2.05, 4.69) is 49.8 Å². The third-order valence-electron chi connectivity index (χ3n) is 7.24. The second-order valence-electron chi connectivity index (χ2n) is 9.68. The largest absolute Gasteiger partial charge is 0.388 e. The Labute approximate surface area is 252 Å². The molecule has 0 spiro atoms. The van der Waals surface area contributed by atoms with E-state index in [1.807, 2.05) is 36.5 Å². The standard InChI is InChI=1S/C28H32N6O3.3ClH/c35-23-17-37-28(25(23)36)34-16-22(20-4-2-1-3-5-20)24-26(30-18-31-27(24)34)32-21-8-6-19(7-9-21)10-13-33-14-11-29-12-15-33;;;/h1-9,16,18,23,25,28-29,35-36H,10-15,17H2,(H,30,31,32);3*1H/t23-,25-,28-;;;/m1.../s1. The number of rotatable bonds is 7. The van der Waals surface area contributed by atoms with Crippen molar-refractivity contribution < 1.29 is 14.9 Å². The van der Waals surface area contributed by atoms with E-state index in [4.69, 9.17) is 4.74 Å². The number of aromatic nitrogens is 3. The summed E-state index contributed by atoms with van der Waals surface area (Å²) in [6.45, 7) is 5.48. The number of anilines is 2. The van der Waals surface area contributed by atoms with Crippen LogP contribution in [0.1, 0.15) is 11.8 Å². The first-order chi connectivity index (χ1) is 18.2. The van der Waals surface area contributed by atoms with E-state index in [-0.39, 0.29) is 43.8 Å². The van der Waals surface area contributed by atoms with Gasteiger partial charge in [-0.1, -0.05) is 42.5 Å². The van der Waals surface area contributed by atoms with Gasteiger partial charge in [0.1, 0.15) is 30.0 Å². The van der Waals surface area contributed by atoms with Gasteiger partial charge in [-0.3, -0.25) is 0 Å². The fraction of sp³-hybridized carbons (Fsp3) is 0.357. The lowest BCUT2D eigenvalue weighted by Gasteiger charge is -2.27. The van der Waals surface area contributed by atoms with E-state index in [1.54, 1.807) is 4.57 Å². The summed E-state index contributed by atoms with van der Waals surface area (Å²) in [7, 11) is 0. The van der Waals surface area contributed by atoms with Crippen molar-refractivity contribution in [1.82, 2.24) is 24.8 Å². The van der Waals surface area contributed by atoms with Crippen LogP contribution in [0.2, 0.25) is 0 Å².